The molecule has 0 aliphatic carbocycles. The average Bonchev–Trinajstić information content (AvgIpc) is 2.67. The van der Waals surface area contributed by atoms with Gasteiger partial charge in [-0.3, -0.25) is 9.59 Å². The average molecular weight is 401 g/mol. The van der Waals surface area contributed by atoms with E-state index in [0.29, 0.717) is 18.3 Å². The number of hydrogen-bond donors (Lipinski definition) is 0. The summed E-state index contributed by atoms with van der Waals surface area (Å²) in [7, 11) is 1.32. The summed E-state index contributed by atoms with van der Waals surface area (Å²) in [5, 5.41) is 0. The molecule has 0 radical (unpaired) electrons. The Kier molecular flexibility index (Phi) is 18.7. The molecule has 0 N–H and O–H groups in total. The van der Waals surface area contributed by atoms with Gasteiger partial charge in [-0.2, -0.15) is 0 Å². The number of rotatable bonds is 13. The summed E-state index contributed by atoms with van der Waals surface area (Å²) in [4.78, 5) is 23.8. The SMILES string of the molecule is CCC.CCOC(=O)C(CC(C)CCC(C)C(C)CCC(C)CC)C(=O)OC. The van der Waals surface area contributed by atoms with Gasteiger partial charge in [-0.25, -0.2) is 0 Å². The van der Waals surface area contributed by atoms with Gasteiger partial charge in [0.2, 0.25) is 0 Å². The molecule has 0 spiro atoms. The van der Waals surface area contributed by atoms with Gasteiger partial charge < -0.3 is 9.47 Å². The Morgan fingerprint density at radius 3 is 1.61 bits per heavy atom. The zero-order valence-corrected chi connectivity index (χ0v) is 20.2. The minimum absolute atomic E-state index is 0.283. The van der Waals surface area contributed by atoms with Gasteiger partial charge in [-0.05, 0) is 37.0 Å². The van der Waals surface area contributed by atoms with Crippen molar-refractivity contribution in [3.05, 3.63) is 0 Å². The van der Waals surface area contributed by atoms with Crippen LogP contribution in [0, 0.1) is 29.6 Å². The Balaban J connectivity index is 0. The maximum Gasteiger partial charge on any atom is 0.320 e. The lowest BCUT2D eigenvalue weighted by molar-refractivity contribution is -0.161. The van der Waals surface area contributed by atoms with Crippen LogP contribution in [0.5, 0.6) is 0 Å². The minimum atomic E-state index is -0.793. The molecular weight excluding hydrogens is 352 g/mol. The van der Waals surface area contributed by atoms with Crippen molar-refractivity contribution in [3.63, 3.8) is 0 Å². The van der Waals surface area contributed by atoms with Crippen LogP contribution in [0.25, 0.3) is 0 Å². The van der Waals surface area contributed by atoms with Crippen molar-refractivity contribution in [3.8, 4) is 0 Å². The lowest BCUT2D eigenvalue weighted by atomic mass is 9.83. The standard InChI is InChI=1S/C21H40O4.C3H8/c1-8-15(3)10-12-17(5)18(6)13-11-16(4)14-19(20(22)24-7)21(23)25-9-2;1-3-2/h15-19H,8-14H2,1-7H3;3H2,1-2H3. The van der Waals surface area contributed by atoms with E-state index in [0.717, 1.165) is 18.8 Å². The molecule has 0 amide bonds. The highest BCUT2D eigenvalue weighted by Crippen LogP contribution is 2.28. The third kappa shape index (κ3) is 14.0. The summed E-state index contributed by atoms with van der Waals surface area (Å²) in [6.45, 7) is 17.6. The zero-order valence-electron chi connectivity index (χ0n) is 20.2. The second-order valence-corrected chi connectivity index (χ2v) is 8.50. The highest BCUT2D eigenvalue weighted by Gasteiger charge is 2.30. The monoisotopic (exact) mass is 400 g/mol. The lowest BCUT2D eigenvalue weighted by Crippen LogP contribution is -2.29. The Morgan fingerprint density at radius 1 is 0.750 bits per heavy atom. The fourth-order valence-corrected chi connectivity index (χ4v) is 3.06. The second-order valence-electron chi connectivity index (χ2n) is 8.50. The summed E-state index contributed by atoms with van der Waals surface area (Å²) in [5.74, 6) is 0.722. The molecule has 0 aliphatic heterocycles. The van der Waals surface area contributed by atoms with Crippen molar-refractivity contribution in [2.24, 2.45) is 29.6 Å². The van der Waals surface area contributed by atoms with E-state index in [1.807, 2.05) is 0 Å². The smallest absolute Gasteiger partial charge is 0.320 e. The molecule has 0 saturated heterocycles. The van der Waals surface area contributed by atoms with Gasteiger partial charge in [0, 0.05) is 0 Å². The Labute approximate surface area is 175 Å². The molecule has 0 fully saturated rings. The van der Waals surface area contributed by atoms with Gasteiger partial charge >= 0.3 is 11.9 Å². The first-order chi connectivity index (χ1) is 13.2. The topological polar surface area (TPSA) is 52.6 Å². The van der Waals surface area contributed by atoms with Gasteiger partial charge in [0.25, 0.3) is 0 Å². The number of carbonyl (C=O) groups is 2. The first-order valence-electron chi connectivity index (χ1n) is 11.4. The first-order valence-corrected chi connectivity index (χ1v) is 11.4. The van der Waals surface area contributed by atoms with E-state index < -0.39 is 17.9 Å². The maximum atomic E-state index is 12.0. The first kappa shape index (κ1) is 29.1. The molecule has 0 aromatic heterocycles. The van der Waals surface area contributed by atoms with E-state index in [1.165, 1.54) is 32.8 Å². The number of esters is 2. The second kappa shape index (κ2) is 18.0. The van der Waals surface area contributed by atoms with Crippen LogP contribution >= 0.6 is 0 Å². The predicted molar refractivity (Wildman–Crippen MR) is 118 cm³/mol. The van der Waals surface area contributed by atoms with Gasteiger partial charge in [-0.15, -0.1) is 0 Å². The molecule has 0 aromatic carbocycles. The van der Waals surface area contributed by atoms with Crippen LogP contribution in [-0.4, -0.2) is 25.7 Å². The third-order valence-electron chi connectivity index (χ3n) is 5.59. The van der Waals surface area contributed by atoms with Crippen LogP contribution in [0.3, 0.4) is 0 Å². The van der Waals surface area contributed by atoms with Crippen LogP contribution in [0.1, 0.15) is 100 Å². The fraction of sp³-hybridized carbons (Fsp3) is 0.917. The van der Waals surface area contributed by atoms with Crippen molar-refractivity contribution in [1.29, 1.82) is 0 Å². The summed E-state index contributed by atoms with van der Waals surface area (Å²) in [6, 6.07) is 0. The van der Waals surface area contributed by atoms with Gasteiger partial charge in [-0.1, -0.05) is 87.0 Å². The Morgan fingerprint density at radius 2 is 1.21 bits per heavy atom. The molecule has 28 heavy (non-hydrogen) atoms. The molecule has 0 aromatic rings. The molecule has 0 heterocycles. The van der Waals surface area contributed by atoms with Gasteiger partial charge in [0.1, 0.15) is 0 Å². The molecule has 0 saturated carbocycles. The molecule has 0 bridgehead atoms. The van der Waals surface area contributed by atoms with E-state index in [4.69, 9.17) is 9.47 Å². The van der Waals surface area contributed by atoms with Crippen molar-refractivity contribution >= 4 is 11.9 Å². The van der Waals surface area contributed by atoms with Crippen LogP contribution < -0.4 is 0 Å². The highest BCUT2D eigenvalue weighted by atomic mass is 16.5. The molecule has 4 heteroatoms. The fourth-order valence-electron chi connectivity index (χ4n) is 3.06. The van der Waals surface area contributed by atoms with E-state index in [2.05, 4.69) is 48.5 Å². The Hall–Kier alpha value is -1.06. The van der Waals surface area contributed by atoms with Gasteiger partial charge in [0.15, 0.2) is 5.92 Å². The quantitative estimate of drug-likeness (QED) is 0.256. The highest BCUT2D eigenvalue weighted by molar-refractivity contribution is 5.94. The Bertz CT molecular complexity index is 394. The lowest BCUT2D eigenvalue weighted by Gasteiger charge is -2.23. The molecule has 4 nitrogen and oxygen atoms in total. The van der Waals surface area contributed by atoms with Crippen LogP contribution in [0.2, 0.25) is 0 Å². The zero-order chi connectivity index (χ0) is 22.1. The summed E-state index contributed by atoms with van der Waals surface area (Å²) in [6.07, 6.45) is 7.71. The number of hydrogen-bond acceptors (Lipinski definition) is 4. The van der Waals surface area contributed by atoms with Crippen LogP contribution in [0.4, 0.5) is 0 Å². The molecule has 5 atom stereocenters. The summed E-state index contributed by atoms with van der Waals surface area (Å²) >= 11 is 0. The maximum absolute atomic E-state index is 12.0. The largest absolute Gasteiger partial charge is 0.468 e. The predicted octanol–water partition coefficient (Wildman–Crippen LogP) is 6.66. The van der Waals surface area contributed by atoms with E-state index in [-0.39, 0.29) is 12.5 Å². The summed E-state index contributed by atoms with van der Waals surface area (Å²) in [5.41, 5.74) is 0. The van der Waals surface area contributed by atoms with E-state index in [9.17, 15) is 9.59 Å². The van der Waals surface area contributed by atoms with Crippen molar-refractivity contribution in [1.82, 2.24) is 0 Å². The minimum Gasteiger partial charge on any atom is -0.468 e. The number of ether oxygens (including phenoxy) is 2. The molecule has 0 rings (SSSR count). The van der Waals surface area contributed by atoms with Crippen LogP contribution in [0.15, 0.2) is 0 Å². The molecule has 0 aliphatic rings. The molecule has 168 valence electrons. The third-order valence-corrected chi connectivity index (χ3v) is 5.59. The van der Waals surface area contributed by atoms with Crippen molar-refractivity contribution in [2.75, 3.05) is 13.7 Å². The van der Waals surface area contributed by atoms with Crippen molar-refractivity contribution < 1.29 is 19.1 Å². The van der Waals surface area contributed by atoms with Crippen molar-refractivity contribution in [2.45, 2.75) is 100 Å². The number of carbonyl (C=O) groups excluding carboxylic acids is 2. The number of methoxy groups -OCH3 is 1. The van der Waals surface area contributed by atoms with E-state index >= 15 is 0 Å². The van der Waals surface area contributed by atoms with Crippen LogP contribution in [-0.2, 0) is 19.1 Å². The van der Waals surface area contributed by atoms with Gasteiger partial charge in [0.05, 0.1) is 13.7 Å². The molecule has 5 unspecified atom stereocenters. The molecular formula is C24H48O4. The van der Waals surface area contributed by atoms with E-state index in [1.54, 1.807) is 6.92 Å². The normalized spacial score (nSPS) is 16.0. The summed E-state index contributed by atoms with van der Waals surface area (Å²) < 4.78 is 9.79.